The van der Waals surface area contributed by atoms with E-state index in [4.69, 9.17) is 5.11 Å². The topological polar surface area (TPSA) is 59.6 Å². The van der Waals surface area contributed by atoms with Gasteiger partial charge in [0.05, 0.1) is 11.2 Å². The Morgan fingerprint density at radius 2 is 1.94 bits per heavy atom. The smallest absolute Gasteiger partial charge is 0.407 e. The maximum Gasteiger partial charge on any atom is 0.407 e. The quantitative estimate of drug-likeness (QED) is 0.807. The van der Waals surface area contributed by atoms with Crippen LogP contribution < -0.4 is 4.90 Å². The van der Waals surface area contributed by atoms with Gasteiger partial charge in [-0.05, 0) is 12.1 Å². The van der Waals surface area contributed by atoms with Gasteiger partial charge in [-0.15, -0.1) is 0 Å². The van der Waals surface area contributed by atoms with Crippen LogP contribution in [0.4, 0.5) is 10.5 Å². The molecule has 0 saturated carbocycles. The van der Waals surface area contributed by atoms with E-state index in [2.05, 4.69) is 22.0 Å². The number of para-hydroxylation sites is 1. The number of carboxylic acid groups (broad SMARTS) is 1. The minimum Gasteiger partial charge on any atom is -0.465 e. The van der Waals surface area contributed by atoms with E-state index in [1.807, 2.05) is 18.3 Å². The summed E-state index contributed by atoms with van der Waals surface area (Å²) in [5, 5.41) is 10.1. The largest absolute Gasteiger partial charge is 0.465 e. The highest BCUT2D eigenvalue weighted by molar-refractivity contribution is 5.91. The summed E-state index contributed by atoms with van der Waals surface area (Å²) in [5.41, 5.74) is 2.28. The molecule has 2 heterocycles. The highest BCUT2D eigenvalue weighted by Crippen LogP contribution is 2.26. The normalized spacial score (nSPS) is 16.2. The van der Waals surface area contributed by atoms with E-state index in [1.54, 1.807) is 0 Å². The van der Waals surface area contributed by atoms with Crippen molar-refractivity contribution in [2.75, 3.05) is 31.1 Å². The molecule has 1 amide bonds. The van der Waals surface area contributed by atoms with Gasteiger partial charge >= 0.3 is 6.09 Å². The predicted molar refractivity (Wildman–Crippen MR) is 70.1 cm³/mol. The summed E-state index contributed by atoms with van der Waals surface area (Å²) < 4.78 is 0. The van der Waals surface area contributed by atoms with E-state index < -0.39 is 6.09 Å². The van der Waals surface area contributed by atoms with Crippen LogP contribution >= 0.6 is 0 Å². The van der Waals surface area contributed by atoms with Crippen molar-refractivity contribution in [3.8, 4) is 0 Å². The van der Waals surface area contributed by atoms with Crippen LogP contribution in [0, 0.1) is 0 Å². The molecule has 1 aliphatic rings. The van der Waals surface area contributed by atoms with Gasteiger partial charge in [0.25, 0.3) is 0 Å². The number of aromatic amines is 1. The first kappa shape index (κ1) is 11.0. The van der Waals surface area contributed by atoms with Crippen molar-refractivity contribution in [2.45, 2.75) is 0 Å². The molecule has 3 rings (SSSR count). The highest BCUT2D eigenvalue weighted by atomic mass is 16.4. The van der Waals surface area contributed by atoms with E-state index >= 15 is 0 Å². The Morgan fingerprint density at radius 3 is 2.67 bits per heavy atom. The van der Waals surface area contributed by atoms with Crippen LogP contribution in [0.3, 0.4) is 0 Å². The number of fused-ring (bicyclic) bond motifs is 1. The van der Waals surface area contributed by atoms with Gasteiger partial charge in [-0.1, -0.05) is 12.1 Å². The Balaban J connectivity index is 1.84. The summed E-state index contributed by atoms with van der Waals surface area (Å²) >= 11 is 0. The summed E-state index contributed by atoms with van der Waals surface area (Å²) in [5.74, 6) is 0. The third-order valence-electron chi connectivity index (χ3n) is 3.46. The molecule has 1 fully saturated rings. The number of rotatable bonds is 1. The van der Waals surface area contributed by atoms with Crippen molar-refractivity contribution in [3.63, 3.8) is 0 Å². The van der Waals surface area contributed by atoms with Crippen molar-refractivity contribution >= 4 is 22.7 Å². The first-order chi connectivity index (χ1) is 8.75. The van der Waals surface area contributed by atoms with Crippen LogP contribution in [0.2, 0.25) is 0 Å². The molecule has 0 radical (unpaired) electrons. The fourth-order valence-electron chi connectivity index (χ4n) is 2.47. The number of piperazine rings is 1. The average Bonchev–Trinajstić information content (AvgIpc) is 2.87. The van der Waals surface area contributed by atoms with E-state index in [0.29, 0.717) is 13.1 Å². The van der Waals surface area contributed by atoms with Gasteiger partial charge < -0.3 is 19.9 Å². The maximum atomic E-state index is 10.9. The van der Waals surface area contributed by atoms with Crippen LogP contribution in [-0.2, 0) is 0 Å². The molecule has 0 atom stereocenters. The molecule has 94 valence electrons. The molecule has 18 heavy (non-hydrogen) atoms. The molecule has 0 aliphatic carbocycles. The minimum absolute atomic E-state index is 0.562. The first-order valence-corrected chi connectivity index (χ1v) is 6.04. The molecular weight excluding hydrogens is 230 g/mol. The molecule has 1 aliphatic heterocycles. The second-order valence-corrected chi connectivity index (χ2v) is 4.48. The van der Waals surface area contributed by atoms with Gasteiger partial charge in [-0.2, -0.15) is 0 Å². The molecule has 5 nitrogen and oxygen atoms in total. The number of anilines is 1. The van der Waals surface area contributed by atoms with Gasteiger partial charge in [-0.3, -0.25) is 0 Å². The number of nitrogens with one attached hydrogen (secondary N) is 1. The second kappa shape index (κ2) is 4.25. The predicted octanol–water partition coefficient (Wildman–Crippen LogP) is 1.97. The Labute approximate surface area is 105 Å². The molecule has 0 unspecified atom stereocenters. The molecular formula is C13H15N3O2. The minimum atomic E-state index is -0.826. The fraction of sp³-hybridized carbons (Fsp3) is 0.308. The van der Waals surface area contributed by atoms with Gasteiger partial charge in [0.2, 0.25) is 0 Å². The lowest BCUT2D eigenvalue weighted by Crippen LogP contribution is -2.48. The van der Waals surface area contributed by atoms with Gasteiger partial charge in [0.1, 0.15) is 0 Å². The summed E-state index contributed by atoms with van der Waals surface area (Å²) in [6.07, 6.45) is 1.11. The van der Waals surface area contributed by atoms with Crippen LogP contribution in [0.15, 0.2) is 30.5 Å². The van der Waals surface area contributed by atoms with Crippen molar-refractivity contribution in [1.82, 2.24) is 9.88 Å². The molecule has 0 spiro atoms. The number of hydrogen-bond donors (Lipinski definition) is 2. The first-order valence-electron chi connectivity index (χ1n) is 6.04. The van der Waals surface area contributed by atoms with Crippen molar-refractivity contribution < 1.29 is 9.90 Å². The zero-order valence-electron chi connectivity index (χ0n) is 9.97. The Morgan fingerprint density at radius 1 is 1.17 bits per heavy atom. The number of hydrogen-bond acceptors (Lipinski definition) is 2. The third kappa shape index (κ3) is 1.77. The van der Waals surface area contributed by atoms with E-state index in [1.165, 1.54) is 10.3 Å². The Kier molecular flexibility index (Phi) is 2.59. The molecule has 1 saturated heterocycles. The molecule has 2 aromatic rings. The molecule has 2 N–H and O–H groups in total. The number of carbonyl (C=O) groups is 1. The zero-order chi connectivity index (χ0) is 12.5. The zero-order valence-corrected chi connectivity index (χ0v) is 9.97. The van der Waals surface area contributed by atoms with Gasteiger partial charge in [0, 0.05) is 37.8 Å². The van der Waals surface area contributed by atoms with E-state index in [-0.39, 0.29) is 0 Å². The standard InChI is InChI=1S/C13H15N3O2/c17-13(18)16-8-6-15(7-9-16)11-3-1-2-10-4-5-14-12(10)11/h1-5,14H,6-9H2,(H,17,18). The number of aromatic nitrogens is 1. The number of benzene rings is 1. The average molecular weight is 245 g/mol. The van der Waals surface area contributed by atoms with Crippen molar-refractivity contribution in [2.24, 2.45) is 0 Å². The third-order valence-corrected chi connectivity index (χ3v) is 3.46. The lowest BCUT2D eigenvalue weighted by Gasteiger charge is -2.34. The van der Waals surface area contributed by atoms with Gasteiger partial charge in [0.15, 0.2) is 0 Å². The summed E-state index contributed by atoms with van der Waals surface area (Å²) in [6.45, 7) is 2.60. The monoisotopic (exact) mass is 245 g/mol. The van der Waals surface area contributed by atoms with Crippen LogP contribution in [-0.4, -0.2) is 47.3 Å². The number of H-pyrrole nitrogens is 1. The molecule has 5 heteroatoms. The second-order valence-electron chi connectivity index (χ2n) is 4.48. The van der Waals surface area contributed by atoms with Crippen LogP contribution in [0.25, 0.3) is 10.9 Å². The summed E-state index contributed by atoms with van der Waals surface area (Å²) in [7, 11) is 0. The van der Waals surface area contributed by atoms with Crippen LogP contribution in [0.5, 0.6) is 0 Å². The number of amides is 1. The fourth-order valence-corrected chi connectivity index (χ4v) is 2.47. The lowest BCUT2D eigenvalue weighted by atomic mass is 10.2. The summed E-state index contributed by atoms with van der Waals surface area (Å²) in [6, 6.07) is 8.24. The Hall–Kier alpha value is -2.17. The highest BCUT2D eigenvalue weighted by Gasteiger charge is 2.21. The molecule has 0 bridgehead atoms. The van der Waals surface area contributed by atoms with E-state index in [0.717, 1.165) is 24.3 Å². The number of nitrogens with zero attached hydrogens (tertiary/aromatic N) is 2. The van der Waals surface area contributed by atoms with Gasteiger partial charge in [-0.25, -0.2) is 4.79 Å². The van der Waals surface area contributed by atoms with E-state index in [9.17, 15) is 4.79 Å². The maximum absolute atomic E-state index is 10.9. The summed E-state index contributed by atoms with van der Waals surface area (Å²) in [4.78, 5) is 17.8. The van der Waals surface area contributed by atoms with Crippen molar-refractivity contribution in [1.29, 1.82) is 0 Å². The lowest BCUT2D eigenvalue weighted by molar-refractivity contribution is 0.142. The Bertz CT molecular complexity index is 570. The van der Waals surface area contributed by atoms with Crippen LogP contribution in [0.1, 0.15) is 0 Å². The SMILES string of the molecule is O=C(O)N1CCN(c2cccc3cc[nH]c23)CC1. The molecule has 1 aromatic carbocycles. The van der Waals surface area contributed by atoms with Crippen molar-refractivity contribution in [3.05, 3.63) is 30.5 Å². The molecule has 1 aromatic heterocycles.